The number of piperidine rings is 1. The second-order valence-corrected chi connectivity index (χ2v) is 4.71. The lowest BCUT2D eigenvalue weighted by atomic mass is 9.98. The molecule has 1 aromatic carbocycles. The van der Waals surface area contributed by atoms with E-state index in [2.05, 4.69) is 10.1 Å². The van der Waals surface area contributed by atoms with Crippen molar-refractivity contribution in [1.82, 2.24) is 5.32 Å². The van der Waals surface area contributed by atoms with Gasteiger partial charge in [0.2, 0.25) is 0 Å². The van der Waals surface area contributed by atoms with Gasteiger partial charge in [0, 0.05) is 6.04 Å². The first-order valence-corrected chi connectivity index (χ1v) is 6.51. The zero-order valence-electron chi connectivity index (χ0n) is 10.4. The van der Waals surface area contributed by atoms with Crippen molar-refractivity contribution in [2.45, 2.75) is 44.8 Å². The Morgan fingerprint density at radius 3 is 2.61 bits per heavy atom. The molecule has 0 spiro atoms. The SMILES string of the molecule is FC(F)Oc1ccc(CCC2CCCCN2)cc1. The van der Waals surface area contributed by atoms with Gasteiger partial charge in [-0.3, -0.25) is 0 Å². The minimum Gasteiger partial charge on any atom is -0.435 e. The summed E-state index contributed by atoms with van der Waals surface area (Å²) in [7, 11) is 0. The van der Waals surface area contributed by atoms with E-state index in [1.165, 1.54) is 24.8 Å². The van der Waals surface area contributed by atoms with Gasteiger partial charge in [-0.25, -0.2) is 0 Å². The van der Waals surface area contributed by atoms with Gasteiger partial charge in [-0.05, 0) is 49.9 Å². The van der Waals surface area contributed by atoms with Crippen LogP contribution in [0.5, 0.6) is 5.75 Å². The average molecular weight is 255 g/mol. The van der Waals surface area contributed by atoms with Crippen LogP contribution in [-0.2, 0) is 6.42 Å². The van der Waals surface area contributed by atoms with Gasteiger partial charge in [-0.2, -0.15) is 8.78 Å². The quantitative estimate of drug-likeness (QED) is 0.871. The molecule has 100 valence electrons. The van der Waals surface area contributed by atoms with Crippen LogP contribution in [0.1, 0.15) is 31.2 Å². The van der Waals surface area contributed by atoms with E-state index in [0.717, 1.165) is 19.4 Å². The lowest BCUT2D eigenvalue weighted by Gasteiger charge is -2.23. The lowest BCUT2D eigenvalue weighted by molar-refractivity contribution is -0.0498. The summed E-state index contributed by atoms with van der Waals surface area (Å²) in [6.45, 7) is -1.63. The molecule has 1 aliphatic rings. The second kappa shape index (κ2) is 6.69. The summed E-state index contributed by atoms with van der Waals surface area (Å²) in [6, 6.07) is 7.54. The normalized spacial score (nSPS) is 20.1. The van der Waals surface area contributed by atoms with Crippen molar-refractivity contribution in [3.05, 3.63) is 29.8 Å². The standard InChI is InChI=1S/C14H19F2NO/c15-14(16)18-13-8-5-11(6-9-13)4-7-12-3-1-2-10-17-12/h5-6,8-9,12,14,17H,1-4,7,10H2. The van der Waals surface area contributed by atoms with E-state index in [9.17, 15) is 8.78 Å². The number of aryl methyl sites for hydroxylation is 1. The van der Waals surface area contributed by atoms with Crippen molar-refractivity contribution in [3.63, 3.8) is 0 Å². The van der Waals surface area contributed by atoms with Crippen LogP contribution in [0.2, 0.25) is 0 Å². The summed E-state index contributed by atoms with van der Waals surface area (Å²) in [5, 5.41) is 3.50. The summed E-state index contributed by atoms with van der Waals surface area (Å²) in [4.78, 5) is 0. The summed E-state index contributed by atoms with van der Waals surface area (Å²) in [5.74, 6) is 0.226. The van der Waals surface area contributed by atoms with Gasteiger partial charge in [0.25, 0.3) is 0 Å². The number of rotatable bonds is 5. The molecule has 0 aromatic heterocycles. The molecule has 1 saturated heterocycles. The van der Waals surface area contributed by atoms with Gasteiger partial charge >= 0.3 is 6.61 Å². The van der Waals surface area contributed by atoms with E-state index in [4.69, 9.17) is 0 Å². The third-order valence-corrected chi connectivity index (χ3v) is 3.34. The smallest absolute Gasteiger partial charge is 0.387 e. The third kappa shape index (κ3) is 4.26. The molecule has 1 heterocycles. The molecule has 0 aliphatic carbocycles. The number of nitrogens with one attached hydrogen (secondary N) is 1. The lowest BCUT2D eigenvalue weighted by Crippen LogP contribution is -2.34. The van der Waals surface area contributed by atoms with E-state index in [0.29, 0.717) is 6.04 Å². The molecule has 2 rings (SSSR count). The first-order chi connectivity index (χ1) is 8.74. The van der Waals surface area contributed by atoms with Crippen molar-refractivity contribution in [1.29, 1.82) is 0 Å². The van der Waals surface area contributed by atoms with Gasteiger partial charge in [0.15, 0.2) is 0 Å². The molecule has 0 radical (unpaired) electrons. The number of benzene rings is 1. The van der Waals surface area contributed by atoms with Crippen LogP contribution < -0.4 is 10.1 Å². The highest BCUT2D eigenvalue weighted by Gasteiger charge is 2.12. The van der Waals surface area contributed by atoms with Gasteiger partial charge in [0.1, 0.15) is 5.75 Å². The van der Waals surface area contributed by atoms with E-state index in [1.54, 1.807) is 12.1 Å². The number of hydrogen-bond donors (Lipinski definition) is 1. The minimum atomic E-state index is -2.75. The Kier molecular flexibility index (Phi) is 4.93. The van der Waals surface area contributed by atoms with E-state index in [-0.39, 0.29) is 5.75 Å². The maximum atomic E-state index is 12.0. The summed E-state index contributed by atoms with van der Waals surface area (Å²) < 4.78 is 28.3. The first-order valence-electron chi connectivity index (χ1n) is 6.51. The Hall–Kier alpha value is -1.16. The van der Waals surface area contributed by atoms with Crippen LogP contribution in [0.15, 0.2) is 24.3 Å². The summed E-state index contributed by atoms with van der Waals surface area (Å²) in [5.41, 5.74) is 1.17. The molecular weight excluding hydrogens is 236 g/mol. The van der Waals surface area contributed by atoms with E-state index in [1.807, 2.05) is 12.1 Å². The molecule has 1 unspecified atom stereocenters. The van der Waals surface area contributed by atoms with Gasteiger partial charge < -0.3 is 10.1 Å². The average Bonchev–Trinajstić information content (AvgIpc) is 2.38. The van der Waals surface area contributed by atoms with Crippen LogP contribution in [0.4, 0.5) is 8.78 Å². The van der Waals surface area contributed by atoms with E-state index >= 15 is 0 Å². The predicted molar refractivity (Wildman–Crippen MR) is 67.0 cm³/mol. The van der Waals surface area contributed by atoms with Crippen LogP contribution in [0.25, 0.3) is 0 Å². The summed E-state index contributed by atoms with van der Waals surface area (Å²) in [6.07, 6.45) is 5.91. The monoisotopic (exact) mass is 255 g/mol. The molecule has 4 heteroatoms. The fourth-order valence-electron chi connectivity index (χ4n) is 2.35. The number of ether oxygens (including phenoxy) is 1. The Balaban J connectivity index is 1.78. The highest BCUT2D eigenvalue weighted by atomic mass is 19.3. The Bertz CT molecular complexity index is 347. The van der Waals surface area contributed by atoms with Crippen LogP contribution in [0, 0.1) is 0 Å². The fraction of sp³-hybridized carbons (Fsp3) is 0.571. The van der Waals surface area contributed by atoms with Crippen molar-refractivity contribution >= 4 is 0 Å². The molecule has 0 amide bonds. The molecule has 1 aromatic rings. The Morgan fingerprint density at radius 2 is 2.00 bits per heavy atom. The molecule has 2 nitrogen and oxygen atoms in total. The fourth-order valence-corrected chi connectivity index (χ4v) is 2.35. The van der Waals surface area contributed by atoms with Crippen molar-refractivity contribution < 1.29 is 13.5 Å². The highest BCUT2D eigenvalue weighted by molar-refractivity contribution is 5.27. The van der Waals surface area contributed by atoms with Crippen molar-refractivity contribution in [2.24, 2.45) is 0 Å². The topological polar surface area (TPSA) is 21.3 Å². The molecule has 1 aliphatic heterocycles. The van der Waals surface area contributed by atoms with Gasteiger partial charge in [0.05, 0.1) is 0 Å². The van der Waals surface area contributed by atoms with E-state index < -0.39 is 6.61 Å². The zero-order chi connectivity index (χ0) is 12.8. The summed E-state index contributed by atoms with van der Waals surface area (Å²) >= 11 is 0. The molecular formula is C14H19F2NO. The number of halogens is 2. The van der Waals surface area contributed by atoms with Crippen LogP contribution in [-0.4, -0.2) is 19.2 Å². The molecule has 1 fully saturated rings. The van der Waals surface area contributed by atoms with Gasteiger partial charge in [-0.15, -0.1) is 0 Å². The minimum absolute atomic E-state index is 0.226. The second-order valence-electron chi connectivity index (χ2n) is 4.71. The number of hydrogen-bond acceptors (Lipinski definition) is 2. The molecule has 0 saturated carbocycles. The Labute approximate surface area is 106 Å². The highest BCUT2D eigenvalue weighted by Crippen LogP contribution is 2.17. The first kappa shape index (κ1) is 13.3. The largest absolute Gasteiger partial charge is 0.435 e. The molecule has 0 bridgehead atoms. The maximum absolute atomic E-state index is 12.0. The molecule has 1 N–H and O–H groups in total. The third-order valence-electron chi connectivity index (χ3n) is 3.34. The predicted octanol–water partition coefficient (Wildman–Crippen LogP) is 3.36. The number of alkyl halides is 2. The van der Waals surface area contributed by atoms with Crippen LogP contribution in [0.3, 0.4) is 0 Å². The zero-order valence-corrected chi connectivity index (χ0v) is 10.4. The molecule has 1 atom stereocenters. The van der Waals surface area contributed by atoms with Crippen LogP contribution >= 0.6 is 0 Å². The maximum Gasteiger partial charge on any atom is 0.387 e. The molecule has 18 heavy (non-hydrogen) atoms. The van der Waals surface area contributed by atoms with Gasteiger partial charge in [-0.1, -0.05) is 18.6 Å². The van der Waals surface area contributed by atoms with Crippen molar-refractivity contribution in [3.8, 4) is 5.75 Å². The van der Waals surface area contributed by atoms with Crippen molar-refractivity contribution in [2.75, 3.05) is 6.54 Å². The Morgan fingerprint density at radius 1 is 1.22 bits per heavy atom.